The maximum Gasteiger partial charge on any atom is 0.415 e. The fraction of sp³-hybridized carbons (Fsp3) is 0.326. The van der Waals surface area contributed by atoms with E-state index in [9.17, 15) is 14.7 Å². The van der Waals surface area contributed by atoms with Crippen LogP contribution in [0.4, 0.5) is 10.5 Å². The molecule has 1 N–H and O–H groups in total. The Morgan fingerprint density at radius 2 is 1.53 bits per heavy atom. The highest BCUT2D eigenvalue weighted by Gasteiger charge is 2.35. The van der Waals surface area contributed by atoms with Crippen LogP contribution in [-0.4, -0.2) is 102 Å². The number of hydrogen-bond acceptors (Lipinski definition) is 8. The van der Waals surface area contributed by atoms with E-state index in [0.717, 1.165) is 59.7 Å². The van der Waals surface area contributed by atoms with Crippen LogP contribution in [-0.2, 0) is 37.7 Å². The molecule has 0 spiro atoms. The van der Waals surface area contributed by atoms with Crippen LogP contribution in [0.15, 0.2) is 91.0 Å². The van der Waals surface area contributed by atoms with Gasteiger partial charge in [0.05, 0.1) is 25.9 Å². The number of methoxy groups -OCH3 is 1. The van der Waals surface area contributed by atoms with Crippen LogP contribution in [0, 0.1) is 6.92 Å². The van der Waals surface area contributed by atoms with Crippen molar-refractivity contribution in [2.75, 3.05) is 58.5 Å². The van der Waals surface area contributed by atoms with E-state index in [2.05, 4.69) is 29.2 Å². The van der Waals surface area contributed by atoms with Gasteiger partial charge in [-0.2, -0.15) is 0 Å². The second-order valence-electron chi connectivity index (χ2n) is 15.3. The third-order valence-electron chi connectivity index (χ3n) is 11.9. The van der Waals surface area contributed by atoms with E-state index in [1.54, 1.807) is 72.5 Å². The molecule has 1 aromatic heterocycles. The molecule has 4 heterocycles. The molecule has 4 aromatic carbocycles. The number of amides is 3. The number of carbonyl (C=O) groups is 3. The van der Waals surface area contributed by atoms with E-state index >= 15 is 4.79 Å². The fourth-order valence-electron chi connectivity index (χ4n) is 8.34. The monoisotopic (exact) mass is 783 g/mol. The fourth-order valence-corrected chi connectivity index (χ4v) is 8.34. The number of hydrogen-bond donors (Lipinski definition) is 1. The molecule has 0 saturated carbocycles. The molecule has 3 amide bonds. The third-order valence-corrected chi connectivity index (χ3v) is 11.9. The zero-order valence-electron chi connectivity index (χ0n) is 33.4. The number of anilines is 1. The topological polar surface area (TPSA) is 117 Å². The van der Waals surface area contributed by atoms with E-state index < -0.39 is 6.09 Å². The zero-order chi connectivity index (χ0) is 40.5. The first-order valence-electron chi connectivity index (χ1n) is 19.8. The molecule has 0 aliphatic carbocycles. The number of aromatic hydroxyl groups is 1. The van der Waals surface area contributed by atoms with Crippen LogP contribution in [0.5, 0.6) is 17.2 Å². The van der Waals surface area contributed by atoms with Crippen molar-refractivity contribution in [1.82, 2.24) is 19.3 Å². The lowest BCUT2D eigenvalue weighted by Gasteiger charge is -2.41. The summed E-state index contributed by atoms with van der Waals surface area (Å²) in [5.74, 6) is 0.892. The van der Waals surface area contributed by atoms with Crippen molar-refractivity contribution in [3.8, 4) is 28.5 Å². The van der Waals surface area contributed by atoms with Gasteiger partial charge in [-0.15, -0.1) is 0 Å². The minimum absolute atomic E-state index is 0.0772. The van der Waals surface area contributed by atoms with E-state index in [4.69, 9.17) is 14.2 Å². The van der Waals surface area contributed by atoms with E-state index in [1.165, 1.54) is 5.56 Å². The third kappa shape index (κ3) is 7.77. The molecule has 58 heavy (non-hydrogen) atoms. The molecular weight excluding hydrogens is 735 g/mol. The highest BCUT2D eigenvalue weighted by Crippen LogP contribution is 2.36. The highest BCUT2D eigenvalue weighted by molar-refractivity contribution is 6.08. The summed E-state index contributed by atoms with van der Waals surface area (Å²) in [6, 6.07) is 27.6. The Hall–Kier alpha value is -6.11. The van der Waals surface area contributed by atoms with Crippen LogP contribution in [0.1, 0.15) is 48.7 Å². The molecule has 12 heteroatoms. The lowest BCUT2D eigenvalue weighted by atomic mass is 9.89. The number of benzene rings is 4. The van der Waals surface area contributed by atoms with Gasteiger partial charge in [-0.3, -0.25) is 14.5 Å². The summed E-state index contributed by atoms with van der Waals surface area (Å²) in [7, 11) is 5.22. The smallest absolute Gasteiger partial charge is 0.415 e. The van der Waals surface area contributed by atoms with Crippen molar-refractivity contribution in [1.29, 1.82) is 0 Å². The van der Waals surface area contributed by atoms with Crippen molar-refractivity contribution < 1.29 is 33.7 Å². The lowest BCUT2D eigenvalue weighted by Crippen LogP contribution is -2.52. The Labute approximate surface area is 338 Å². The van der Waals surface area contributed by atoms with Crippen molar-refractivity contribution in [3.05, 3.63) is 130 Å². The maximum atomic E-state index is 15.4. The molecule has 8 rings (SSSR count). The maximum absolute atomic E-state index is 15.4. The Balaban J connectivity index is 1.17. The summed E-state index contributed by atoms with van der Waals surface area (Å²) in [5, 5.41) is 9.84. The Morgan fingerprint density at radius 3 is 2.26 bits per heavy atom. The van der Waals surface area contributed by atoms with E-state index in [0.29, 0.717) is 61.0 Å². The van der Waals surface area contributed by atoms with Gasteiger partial charge >= 0.3 is 6.09 Å². The molecule has 0 unspecified atom stereocenters. The molecular formula is C46H49N5O7. The van der Waals surface area contributed by atoms with Crippen molar-refractivity contribution in [2.45, 2.75) is 38.9 Å². The zero-order valence-corrected chi connectivity index (χ0v) is 33.4. The predicted octanol–water partition coefficient (Wildman–Crippen LogP) is 6.45. The molecule has 12 nitrogen and oxygen atoms in total. The Bertz CT molecular complexity index is 2330. The second kappa shape index (κ2) is 16.4. The minimum Gasteiger partial charge on any atom is -0.508 e. The number of morpholine rings is 1. The van der Waals surface area contributed by atoms with E-state index in [1.807, 2.05) is 41.6 Å². The number of fused-ring (bicyclic) bond motifs is 2. The molecule has 0 radical (unpaired) electrons. The van der Waals surface area contributed by atoms with Crippen LogP contribution in [0.2, 0.25) is 0 Å². The highest BCUT2D eigenvalue weighted by atomic mass is 16.6. The number of aromatic nitrogens is 1. The number of nitrogens with zero attached hydrogens (tertiary/aromatic N) is 5. The van der Waals surface area contributed by atoms with Crippen LogP contribution in [0.25, 0.3) is 11.3 Å². The summed E-state index contributed by atoms with van der Waals surface area (Å²) in [5.41, 5.74) is 8.18. The van der Waals surface area contributed by atoms with Gasteiger partial charge in [0.25, 0.3) is 11.8 Å². The van der Waals surface area contributed by atoms with Gasteiger partial charge in [-0.05, 0) is 109 Å². The van der Waals surface area contributed by atoms with Gasteiger partial charge in [0.2, 0.25) is 0 Å². The number of carbonyl (C=O) groups excluding carboxylic acids is 3. The summed E-state index contributed by atoms with van der Waals surface area (Å²) in [6.07, 6.45) is 0.824. The molecule has 1 saturated heterocycles. The molecule has 1 atom stereocenters. The first-order valence-corrected chi connectivity index (χ1v) is 19.8. The van der Waals surface area contributed by atoms with E-state index in [-0.39, 0.29) is 30.2 Å². The van der Waals surface area contributed by atoms with Gasteiger partial charge in [-0.1, -0.05) is 24.3 Å². The van der Waals surface area contributed by atoms with Crippen LogP contribution < -0.4 is 14.4 Å². The molecule has 5 aromatic rings. The van der Waals surface area contributed by atoms with Crippen molar-refractivity contribution in [3.63, 3.8) is 0 Å². The van der Waals surface area contributed by atoms with Gasteiger partial charge in [0.15, 0.2) is 0 Å². The molecule has 3 aliphatic heterocycles. The lowest BCUT2D eigenvalue weighted by molar-refractivity contribution is 0.0193. The van der Waals surface area contributed by atoms with Crippen LogP contribution in [0.3, 0.4) is 0 Å². The quantitative estimate of drug-likeness (QED) is 0.191. The molecule has 3 aliphatic rings. The first-order chi connectivity index (χ1) is 28.1. The summed E-state index contributed by atoms with van der Waals surface area (Å²) in [6.45, 7) is 6.77. The molecule has 0 bridgehead atoms. The largest absolute Gasteiger partial charge is 0.508 e. The SMILES string of the molecule is COc1ccc(OC(=O)N2CCc3cc(-c4cc(C(=O)N(C)c5ccc(O)cc5)c(C)n4C)c(C(=O)N4Cc5ccccc5C[C@H]4CN4CCOCC4)cc3C2)cc1. The van der Waals surface area contributed by atoms with Crippen LogP contribution >= 0.6 is 0 Å². The normalized spacial score (nSPS) is 16.7. The summed E-state index contributed by atoms with van der Waals surface area (Å²) >= 11 is 0. The van der Waals surface area contributed by atoms with Gasteiger partial charge < -0.3 is 38.6 Å². The average molecular weight is 784 g/mol. The predicted molar refractivity (Wildman–Crippen MR) is 221 cm³/mol. The summed E-state index contributed by atoms with van der Waals surface area (Å²) in [4.78, 5) is 50.6. The van der Waals surface area contributed by atoms with Gasteiger partial charge in [0.1, 0.15) is 17.2 Å². The number of phenolic OH excluding ortho intramolecular Hbond substituents is 1. The van der Waals surface area contributed by atoms with Crippen molar-refractivity contribution >= 4 is 23.6 Å². The molecule has 300 valence electrons. The first kappa shape index (κ1) is 38.7. The number of rotatable bonds is 8. The molecule has 1 fully saturated rings. The van der Waals surface area contributed by atoms with Gasteiger partial charge in [0, 0.05) is 87.6 Å². The Morgan fingerprint density at radius 1 is 0.828 bits per heavy atom. The second-order valence-corrected chi connectivity index (χ2v) is 15.3. The minimum atomic E-state index is -0.468. The Kier molecular flexibility index (Phi) is 11.0. The summed E-state index contributed by atoms with van der Waals surface area (Å²) < 4.78 is 18.6. The van der Waals surface area contributed by atoms with Gasteiger partial charge in [-0.25, -0.2) is 4.79 Å². The number of phenols is 1. The standard InChI is InChI=1S/C46H49N5O7/c1-30-40(44(53)48(3)35-9-11-37(52)12-10-35)26-43(47(30)2)41-24-32-17-18-50(46(55)58-39-15-13-38(56-4)14-16-39)27-34(32)25-42(41)45(54)51-28-33-8-6-5-7-31(33)23-36(51)29-49-19-21-57-22-20-49/h5-16,24-26,36,52H,17-23,27-29H2,1-4H3/t36-/m0/s1. The van der Waals surface area contributed by atoms with Crippen molar-refractivity contribution in [2.24, 2.45) is 7.05 Å². The number of ether oxygens (including phenoxy) is 3. The average Bonchev–Trinajstić information content (AvgIpc) is 3.55.